The Balaban J connectivity index is 1.51. The Hall–Kier alpha value is -4.22. The summed E-state index contributed by atoms with van der Waals surface area (Å²) in [5.41, 5.74) is 2.80. The number of hydrogen-bond acceptors (Lipinski definition) is 8. The van der Waals surface area contributed by atoms with Crippen molar-refractivity contribution in [3.8, 4) is 11.5 Å². The summed E-state index contributed by atoms with van der Waals surface area (Å²) < 4.78 is 44.4. The van der Waals surface area contributed by atoms with Crippen molar-refractivity contribution in [2.24, 2.45) is 0 Å². The largest absolute Gasteiger partial charge is 0.478 e. The van der Waals surface area contributed by atoms with Gasteiger partial charge in [0.2, 0.25) is 0 Å². The molecule has 9 nitrogen and oxygen atoms in total. The number of esters is 1. The molecule has 45 heavy (non-hydrogen) atoms. The molecule has 0 spiro atoms. The monoisotopic (exact) mass is 694 g/mol. The average Bonchev–Trinajstić information content (AvgIpc) is 3.61. The molecule has 5 rings (SSSR count). The number of carboxylic acid groups (broad SMARTS) is 1. The van der Waals surface area contributed by atoms with E-state index in [4.69, 9.17) is 13.3 Å². The van der Waals surface area contributed by atoms with E-state index in [9.17, 15) is 27.9 Å². The van der Waals surface area contributed by atoms with Gasteiger partial charge in [-0.1, -0.05) is 40.9 Å². The summed E-state index contributed by atoms with van der Waals surface area (Å²) in [5.74, 6) is -1.59. The number of rotatable bonds is 10. The minimum Gasteiger partial charge on any atom is -0.478 e. The number of ether oxygens (including phenoxy) is 1. The van der Waals surface area contributed by atoms with Crippen LogP contribution in [-0.2, 0) is 21.3 Å². The standard InChI is InChI=1S/C34H31BrO9S/c1-19-20(2)42-31(16-22-8-11-25(35)12-9-22)32(19)33(37)24-10-15-29(28(17-24)23-6-4-5-7-23)44-45(40,41)26-13-14-27(34(38)39)30(18-26)43-21(3)36/h8-15,17-18,23H,4-7,16H2,1-3H3,(H,38,39). The molecule has 1 saturated carbocycles. The Kier molecular flexibility index (Phi) is 9.31. The first-order valence-corrected chi connectivity index (χ1v) is 16.6. The molecule has 1 N–H and O–H groups in total. The molecule has 3 aromatic carbocycles. The van der Waals surface area contributed by atoms with Crippen LogP contribution in [0.15, 0.2) is 74.4 Å². The van der Waals surface area contributed by atoms with Crippen LogP contribution in [0.3, 0.4) is 0 Å². The van der Waals surface area contributed by atoms with E-state index < -0.39 is 27.8 Å². The Morgan fingerprint density at radius 2 is 1.64 bits per heavy atom. The lowest BCUT2D eigenvalue weighted by Crippen LogP contribution is -2.14. The topological polar surface area (TPSA) is 137 Å². The van der Waals surface area contributed by atoms with Crippen LogP contribution < -0.4 is 8.92 Å². The van der Waals surface area contributed by atoms with Gasteiger partial charge in [0.25, 0.3) is 0 Å². The average molecular weight is 696 g/mol. The summed E-state index contributed by atoms with van der Waals surface area (Å²) in [7, 11) is -4.49. The number of benzene rings is 3. The van der Waals surface area contributed by atoms with Crippen molar-refractivity contribution < 1.29 is 41.2 Å². The zero-order valence-electron chi connectivity index (χ0n) is 24.9. The molecule has 1 heterocycles. The maximum Gasteiger partial charge on any atom is 0.339 e. The Labute approximate surface area is 269 Å². The molecule has 0 atom stereocenters. The number of halogens is 1. The van der Waals surface area contributed by atoms with Gasteiger partial charge in [0, 0.05) is 35.0 Å². The van der Waals surface area contributed by atoms with Crippen LogP contribution in [0.25, 0.3) is 0 Å². The number of aryl methyl sites for hydroxylation is 1. The molecular formula is C34H31BrO9S. The van der Waals surface area contributed by atoms with Gasteiger partial charge >= 0.3 is 22.1 Å². The van der Waals surface area contributed by atoms with E-state index in [0.717, 1.165) is 66.4 Å². The van der Waals surface area contributed by atoms with Gasteiger partial charge in [-0.15, -0.1) is 0 Å². The lowest BCUT2D eigenvalue weighted by molar-refractivity contribution is -0.131. The van der Waals surface area contributed by atoms with Crippen LogP contribution in [0.1, 0.15) is 93.0 Å². The molecular weight excluding hydrogens is 664 g/mol. The van der Waals surface area contributed by atoms with Crippen molar-refractivity contribution in [2.75, 3.05) is 0 Å². The van der Waals surface area contributed by atoms with E-state index in [1.54, 1.807) is 6.07 Å². The number of carboxylic acids is 1. The highest BCUT2D eigenvalue weighted by atomic mass is 79.9. The molecule has 4 aromatic rings. The second-order valence-corrected chi connectivity index (χ2v) is 13.5. The summed E-state index contributed by atoms with van der Waals surface area (Å²) in [5, 5.41) is 9.43. The first-order valence-electron chi connectivity index (χ1n) is 14.4. The Bertz CT molecular complexity index is 1900. The number of carbonyl (C=O) groups is 3. The van der Waals surface area contributed by atoms with Crippen molar-refractivity contribution in [1.82, 2.24) is 0 Å². The predicted octanol–water partition coefficient (Wildman–Crippen LogP) is 7.53. The minimum atomic E-state index is -4.49. The van der Waals surface area contributed by atoms with Gasteiger partial charge in [0.05, 0.1) is 5.56 Å². The smallest absolute Gasteiger partial charge is 0.339 e. The third kappa shape index (κ3) is 7.04. The fraction of sp³-hybridized carbons (Fsp3) is 0.265. The van der Waals surface area contributed by atoms with E-state index in [1.807, 2.05) is 38.1 Å². The highest BCUT2D eigenvalue weighted by molar-refractivity contribution is 9.10. The third-order valence-electron chi connectivity index (χ3n) is 7.96. The van der Waals surface area contributed by atoms with Crippen LogP contribution in [0, 0.1) is 13.8 Å². The molecule has 0 amide bonds. The van der Waals surface area contributed by atoms with Gasteiger partial charge in [-0.05, 0) is 86.2 Å². The molecule has 0 radical (unpaired) electrons. The van der Waals surface area contributed by atoms with Crippen LogP contribution in [0.4, 0.5) is 0 Å². The lowest BCUT2D eigenvalue weighted by Gasteiger charge is -2.18. The number of furan rings is 1. The molecule has 234 valence electrons. The fourth-order valence-corrected chi connectivity index (χ4v) is 6.85. The second kappa shape index (κ2) is 13.0. The van der Waals surface area contributed by atoms with E-state index in [0.29, 0.717) is 34.6 Å². The highest BCUT2D eigenvalue weighted by Gasteiger charge is 2.29. The highest BCUT2D eigenvalue weighted by Crippen LogP contribution is 2.41. The molecule has 11 heteroatoms. The molecule has 1 aliphatic carbocycles. The van der Waals surface area contributed by atoms with Gasteiger partial charge in [-0.2, -0.15) is 8.42 Å². The van der Waals surface area contributed by atoms with Crippen molar-refractivity contribution in [3.63, 3.8) is 0 Å². The second-order valence-electron chi connectivity index (χ2n) is 11.0. The maximum atomic E-state index is 14.0. The number of ketones is 1. The number of carbonyl (C=O) groups excluding carboxylic acids is 2. The Morgan fingerprint density at radius 1 is 0.956 bits per heavy atom. The molecule has 1 fully saturated rings. The van der Waals surface area contributed by atoms with Crippen molar-refractivity contribution in [1.29, 1.82) is 0 Å². The van der Waals surface area contributed by atoms with E-state index in [1.165, 1.54) is 12.1 Å². The molecule has 0 bridgehead atoms. The van der Waals surface area contributed by atoms with Gasteiger partial charge in [-0.25, -0.2) is 4.79 Å². The van der Waals surface area contributed by atoms with E-state index in [-0.39, 0.29) is 27.9 Å². The summed E-state index contributed by atoms with van der Waals surface area (Å²) >= 11 is 3.44. The molecule has 0 saturated heterocycles. The number of hydrogen-bond donors (Lipinski definition) is 1. The maximum absolute atomic E-state index is 14.0. The van der Waals surface area contributed by atoms with Crippen molar-refractivity contribution >= 4 is 43.8 Å². The van der Waals surface area contributed by atoms with Gasteiger partial charge < -0.3 is 18.4 Å². The zero-order valence-corrected chi connectivity index (χ0v) is 27.3. The predicted molar refractivity (Wildman–Crippen MR) is 169 cm³/mol. The summed E-state index contributed by atoms with van der Waals surface area (Å²) in [4.78, 5) is 36.8. The lowest BCUT2D eigenvalue weighted by atomic mass is 9.91. The number of aromatic carboxylic acids is 1. The first kappa shape index (κ1) is 32.2. The SMILES string of the molecule is CC(=O)Oc1cc(S(=O)(=O)Oc2ccc(C(=O)c3c(Cc4ccc(Br)cc4)oc(C)c3C)cc2C2CCCC2)ccc1C(=O)O. The van der Waals surface area contributed by atoms with Crippen molar-refractivity contribution in [3.05, 3.63) is 110 Å². The normalized spacial score (nSPS) is 13.5. The summed E-state index contributed by atoms with van der Waals surface area (Å²) in [6.45, 7) is 4.74. The molecule has 1 aromatic heterocycles. The van der Waals surface area contributed by atoms with Crippen molar-refractivity contribution in [2.45, 2.75) is 63.7 Å². The quantitative estimate of drug-likeness (QED) is 0.0773. The van der Waals surface area contributed by atoms with Crippen LogP contribution in [-0.4, -0.2) is 31.2 Å². The van der Waals surface area contributed by atoms with Crippen LogP contribution in [0.2, 0.25) is 0 Å². The minimum absolute atomic E-state index is 0.0247. The molecule has 0 unspecified atom stereocenters. The molecule has 1 aliphatic rings. The fourth-order valence-electron chi connectivity index (χ4n) is 5.61. The van der Waals surface area contributed by atoms with Crippen LogP contribution >= 0.6 is 15.9 Å². The van der Waals surface area contributed by atoms with Crippen LogP contribution in [0.5, 0.6) is 11.5 Å². The first-order chi connectivity index (χ1) is 21.3. The molecule has 0 aliphatic heterocycles. The Morgan fingerprint density at radius 3 is 2.29 bits per heavy atom. The van der Waals surface area contributed by atoms with E-state index >= 15 is 0 Å². The van der Waals surface area contributed by atoms with Gasteiger partial charge in [0.15, 0.2) is 5.78 Å². The van der Waals surface area contributed by atoms with E-state index in [2.05, 4.69) is 15.9 Å². The third-order valence-corrected chi connectivity index (χ3v) is 9.71. The zero-order chi connectivity index (χ0) is 32.5. The van der Waals surface area contributed by atoms with Gasteiger partial charge in [0.1, 0.15) is 33.5 Å². The van der Waals surface area contributed by atoms with Gasteiger partial charge in [-0.3, -0.25) is 9.59 Å². The summed E-state index contributed by atoms with van der Waals surface area (Å²) in [6, 6.07) is 15.6. The summed E-state index contributed by atoms with van der Waals surface area (Å²) in [6.07, 6.45) is 3.94.